The first kappa shape index (κ1) is 11.9. The average molecular weight is 238 g/mol. The molecule has 2 rings (SSSR count). The fourth-order valence-electron chi connectivity index (χ4n) is 1.99. The highest BCUT2D eigenvalue weighted by molar-refractivity contribution is 5.97. The van der Waals surface area contributed by atoms with Gasteiger partial charge in [0.1, 0.15) is 0 Å². The molecule has 1 fully saturated rings. The summed E-state index contributed by atoms with van der Waals surface area (Å²) in [5, 5.41) is 9.62. The highest BCUT2D eigenvalue weighted by Crippen LogP contribution is 2.17. The number of amides is 1. The Balaban J connectivity index is 2.06. The highest BCUT2D eigenvalue weighted by Gasteiger charge is 2.27. The molecular formula is C11H18N4O2. The van der Waals surface area contributed by atoms with Crippen molar-refractivity contribution in [1.29, 1.82) is 0 Å². The van der Waals surface area contributed by atoms with Gasteiger partial charge >= 0.3 is 0 Å². The number of carbonyl (C=O) groups excluding carboxylic acids is 1. The van der Waals surface area contributed by atoms with E-state index in [1.807, 2.05) is 13.8 Å². The van der Waals surface area contributed by atoms with Gasteiger partial charge in [-0.1, -0.05) is 6.92 Å². The van der Waals surface area contributed by atoms with E-state index in [1.165, 1.54) is 0 Å². The van der Waals surface area contributed by atoms with Gasteiger partial charge in [0.25, 0.3) is 5.91 Å². The zero-order valence-corrected chi connectivity index (χ0v) is 10.1. The van der Waals surface area contributed by atoms with Crippen LogP contribution in [-0.4, -0.2) is 34.9 Å². The maximum atomic E-state index is 12.0. The van der Waals surface area contributed by atoms with E-state index in [0.29, 0.717) is 12.3 Å². The molecule has 17 heavy (non-hydrogen) atoms. The van der Waals surface area contributed by atoms with Crippen molar-refractivity contribution in [3.05, 3.63) is 11.4 Å². The number of aryl methyl sites for hydroxylation is 1. The number of hydrogen-bond donors (Lipinski definition) is 3. The van der Waals surface area contributed by atoms with Crippen LogP contribution in [0.4, 0.5) is 5.69 Å². The number of nitrogen functional groups attached to an aromatic ring is 1. The molecule has 2 atom stereocenters. The number of rotatable bonds is 3. The van der Waals surface area contributed by atoms with Crippen LogP contribution in [0.25, 0.3) is 0 Å². The maximum absolute atomic E-state index is 12.0. The van der Waals surface area contributed by atoms with Crippen molar-refractivity contribution in [2.24, 2.45) is 0 Å². The molecule has 6 heteroatoms. The lowest BCUT2D eigenvalue weighted by Gasteiger charge is -2.15. The van der Waals surface area contributed by atoms with Crippen LogP contribution in [0.1, 0.15) is 36.5 Å². The van der Waals surface area contributed by atoms with Crippen molar-refractivity contribution in [1.82, 2.24) is 15.5 Å². The van der Waals surface area contributed by atoms with Gasteiger partial charge in [-0.15, -0.1) is 0 Å². The summed E-state index contributed by atoms with van der Waals surface area (Å²) in [6.45, 7) is 4.59. The molecule has 0 saturated carbocycles. The monoisotopic (exact) mass is 238 g/mol. The number of aromatic nitrogens is 2. The van der Waals surface area contributed by atoms with Gasteiger partial charge in [0.05, 0.1) is 23.5 Å². The third-order valence-corrected chi connectivity index (χ3v) is 3.14. The van der Waals surface area contributed by atoms with Gasteiger partial charge in [0.15, 0.2) is 5.69 Å². The van der Waals surface area contributed by atoms with Crippen molar-refractivity contribution in [3.63, 3.8) is 0 Å². The minimum absolute atomic E-state index is 0.0451. The highest BCUT2D eigenvalue weighted by atomic mass is 16.5. The second-order valence-electron chi connectivity index (χ2n) is 4.26. The summed E-state index contributed by atoms with van der Waals surface area (Å²) in [6, 6.07) is 0.0451. The molecule has 1 aromatic heterocycles. The van der Waals surface area contributed by atoms with E-state index in [-0.39, 0.29) is 23.7 Å². The van der Waals surface area contributed by atoms with Gasteiger partial charge in [0, 0.05) is 6.61 Å². The predicted molar refractivity (Wildman–Crippen MR) is 63.7 cm³/mol. The third-order valence-electron chi connectivity index (χ3n) is 3.14. The van der Waals surface area contributed by atoms with E-state index in [0.717, 1.165) is 18.5 Å². The van der Waals surface area contributed by atoms with Crippen LogP contribution in [0.15, 0.2) is 0 Å². The van der Waals surface area contributed by atoms with Crippen molar-refractivity contribution in [3.8, 4) is 0 Å². The number of aromatic amines is 1. The molecule has 0 aromatic carbocycles. The van der Waals surface area contributed by atoms with E-state index >= 15 is 0 Å². The summed E-state index contributed by atoms with van der Waals surface area (Å²) in [5.41, 5.74) is 7.35. The van der Waals surface area contributed by atoms with Gasteiger partial charge < -0.3 is 15.8 Å². The molecular weight excluding hydrogens is 220 g/mol. The summed E-state index contributed by atoms with van der Waals surface area (Å²) in [6.07, 6.45) is 1.61. The number of H-pyrrole nitrogens is 1. The number of nitrogens with zero attached hydrogens (tertiary/aromatic N) is 1. The second-order valence-corrected chi connectivity index (χ2v) is 4.26. The van der Waals surface area contributed by atoms with Crippen LogP contribution >= 0.6 is 0 Å². The Bertz CT molecular complexity index is 416. The van der Waals surface area contributed by atoms with Gasteiger partial charge in [-0.3, -0.25) is 9.89 Å². The Labute approximate surface area is 99.9 Å². The molecule has 1 aliphatic heterocycles. The zero-order chi connectivity index (χ0) is 12.4. The molecule has 0 bridgehead atoms. The number of nitrogens with one attached hydrogen (secondary N) is 2. The van der Waals surface area contributed by atoms with E-state index in [2.05, 4.69) is 15.5 Å². The lowest BCUT2D eigenvalue weighted by atomic mass is 10.1. The van der Waals surface area contributed by atoms with Gasteiger partial charge in [-0.05, 0) is 19.8 Å². The van der Waals surface area contributed by atoms with Gasteiger partial charge in [-0.25, -0.2) is 0 Å². The van der Waals surface area contributed by atoms with Crippen molar-refractivity contribution >= 4 is 11.6 Å². The van der Waals surface area contributed by atoms with Gasteiger partial charge in [-0.2, -0.15) is 5.10 Å². The molecule has 4 N–H and O–H groups in total. The quantitative estimate of drug-likeness (QED) is 0.713. The Morgan fingerprint density at radius 1 is 1.71 bits per heavy atom. The largest absolute Gasteiger partial charge is 0.395 e. The minimum atomic E-state index is -0.235. The van der Waals surface area contributed by atoms with Crippen LogP contribution in [-0.2, 0) is 11.2 Å². The molecule has 0 spiro atoms. The number of hydrogen-bond acceptors (Lipinski definition) is 4. The first-order valence-electron chi connectivity index (χ1n) is 5.88. The van der Waals surface area contributed by atoms with Gasteiger partial charge in [0.2, 0.25) is 0 Å². The molecule has 2 unspecified atom stereocenters. The SMILES string of the molecule is CCc1[nH]nc(C(=O)NC2CCOC2C)c1N. The Morgan fingerprint density at radius 3 is 3.00 bits per heavy atom. The number of nitrogens with two attached hydrogens (primary N) is 1. The Morgan fingerprint density at radius 2 is 2.47 bits per heavy atom. The average Bonchev–Trinajstić information content (AvgIpc) is 2.86. The molecule has 0 radical (unpaired) electrons. The van der Waals surface area contributed by atoms with E-state index in [1.54, 1.807) is 0 Å². The van der Waals surface area contributed by atoms with E-state index in [9.17, 15) is 4.79 Å². The summed E-state index contributed by atoms with van der Waals surface area (Å²) in [4.78, 5) is 12.0. The lowest BCUT2D eigenvalue weighted by Crippen LogP contribution is -2.39. The lowest BCUT2D eigenvalue weighted by molar-refractivity contribution is 0.0862. The molecule has 2 heterocycles. The van der Waals surface area contributed by atoms with Crippen molar-refractivity contribution < 1.29 is 9.53 Å². The Kier molecular flexibility index (Phi) is 3.33. The molecule has 1 aromatic rings. The van der Waals surface area contributed by atoms with Crippen LogP contribution in [0.2, 0.25) is 0 Å². The number of ether oxygens (including phenoxy) is 1. The zero-order valence-electron chi connectivity index (χ0n) is 10.1. The predicted octanol–water partition coefficient (Wildman–Crippen LogP) is 0.461. The molecule has 0 aliphatic carbocycles. The molecule has 1 saturated heterocycles. The van der Waals surface area contributed by atoms with E-state index < -0.39 is 0 Å². The molecule has 1 amide bonds. The standard InChI is InChI=1S/C11H18N4O2/c1-3-7-9(12)10(15-14-7)11(16)13-8-4-5-17-6(8)2/h6,8H,3-5,12H2,1-2H3,(H,13,16)(H,14,15). The summed E-state index contributed by atoms with van der Waals surface area (Å²) >= 11 is 0. The summed E-state index contributed by atoms with van der Waals surface area (Å²) < 4.78 is 5.38. The fourth-order valence-corrected chi connectivity index (χ4v) is 1.99. The third kappa shape index (κ3) is 2.26. The first-order valence-corrected chi connectivity index (χ1v) is 5.88. The smallest absolute Gasteiger partial charge is 0.274 e. The van der Waals surface area contributed by atoms with Crippen molar-refractivity contribution in [2.45, 2.75) is 38.8 Å². The molecule has 94 valence electrons. The first-order chi connectivity index (χ1) is 8.13. The minimum Gasteiger partial charge on any atom is -0.395 e. The van der Waals surface area contributed by atoms with Crippen molar-refractivity contribution in [2.75, 3.05) is 12.3 Å². The number of carbonyl (C=O) groups is 1. The molecule has 6 nitrogen and oxygen atoms in total. The Hall–Kier alpha value is -1.56. The number of anilines is 1. The summed E-state index contributed by atoms with van der Waals surface area (Å²) in [7, 11) is 0. The maximum Gasteiger partial charge on any atom is 0.274 e. The summed E-state index contributed by atoms with van der Waals surface area (Å²) in [5.74, 6) is -0.235. The molecule has 1 aliphatic rings. The normalized spacial score (nSPS) is 23.9. The van der Waals surface area contributed by atoms with Crippen LogP contribution in [0.3, 0.4) is 0 Å². The van der Waals surface area contributed by atoms with Crippen LogP contribution < -0.4 is 11.1 Å². The van der Waals surface area contributed by atoms with Crippen LogP contribution in [0, 0.1) is 0 Å². The van der Waals surface area contributed by atoms with E-state index in [4.69, 9.17) is 10.5 Å². The van der Waals surface area contributed by atoms with Crippen LogP contribution in [0.5, 0.6) is 0 Å². The second kappa shape index (κ2) is 4.75. The fraction of sp³-hybridized carbons (Fsp3) is 0.636. The topological polar surface area (TPSA) is 93.0 Å².